The van der Waals surface area contributed by atoms with E-state index in [0.29, 0.717) is 5.58 Å². The molecule has 8 nitrogen and oxygen atoms in total. The molecular weight excluding hydrogens is 438 g/mol. The number of carbonyl (C=O) groups is 3. The maximum Gasteiger partial charge on any atom is 0.334 e. The lowest BCUT2D eigenvalue weighted by Crippen LogP contribution is -2.45. The van der Waals surface area contributed by atoms with Gasteiger partial charge in [0, 0.05) is 0 Å². The first-order valence-corrected chi connectivity index (χ1v) is 10.6. The quantitative estimate of drug-likeness (QED) is 0.333. The van der Waals surface area contributed by atoms with Crippen molar-refractivity contribution in [2.45, 2.75) is 26.8 Å². The Kier molecular flexibility index (Phi) is 4.93. The minimum Gasteiger partial charge on any atom is -0.461 e. The van der Waals surface area contributed by atoms with Crippen LogP contribution in [-0.2, 0) is 4.79 Å². The van der Waals surface area contributed by atoms with Crippen LogP contribution in [-0.4, -0.2) is 28.7 Å². The molecule has 1 aliphatic heterocycles. The van der Waals surface area contributed by atoms with Crippen LogP contribution in [0.2, 0.25) is 0 Å². The molecule has 3 heterocycles. The Hall–Kier alpha value is -4.46. The third-order valence-corrected chi connectivity index (χ3v) is 5.78. The molecular formula is C26H19NO7. The van der Waals surface area contributed by atoms with E-state index >= 15 is 0 Å². The van der Waals surface area contributed by atoms with Crippen LogP contribution in [0.4, 0.5) is 0 Å². The second-order valence-corrected chi connectivity index (χ2v) is 8.15. The maximum absolute atomic E-state index is 13.4. The maximum atomic E-state index is 13.4. The number of benzene rings is 2. The monoisotopic (exact) mass is 457 g/mol. The van der Waals surface area contributed by atoms with Gasteiger partial charge in [-0.05, 0) is 62.2 Å². The summed E-state index contributed by atoms with van der Waals surface area (Å²) in [5, 5.41) is 0.240. The molecule has 0 spiro atoms. The van der Waals surface area contributed by atoms with Gasteiger partial charge >= 0.3 is 5.97 Å². The number of rotatable bonds is 4. The average Bonchev–Trinajstić information content (AvgIpc) is 3.43. The predicted octanol–water partition coefficient (Wildman–Crippen LogP) is 4.26. The summed E-state index contributed by atoms with van der Waals surface area (Å²) in [7, 11) is 0. The number of furan rings is 1. The molecule has 8 heteroatoms. The van der Waals surface area contributed by atoms with Crippen LogP contribution in [0.5, 0.6) is 5.75 Å². The summed E-state index contributed by atoms with van der Waals surface area (Å²) in [4.78, 5) is 52.9. The van der Waals surface area contributed by atoms with Gasteiger partial charge in [0.05, 0.1) is 22.8 Å². The van der Waals surface area contributed by atoms with Crippen molar-refractivity contribution in [2.75, 3.05) is 0 Å². The van der Waals surface area contributed by atoms with E-state index in [1.807, 2.05) is 13.0 Å². The fraction of sp³-hybridized carbons (Fsp3) is 0.154. The summed E-state index contributed by atoms with van der Waals surface area (Å²) < 4.78 is 16.9. The van der Waals surface area contributed by atoms with E-state index in [1.54, 1.807) is 37.3 Å². The van der Waals surface area contributed by atoms with Crippen LogP contribution >= 0.6 is 0 Å². The summed E-state index contributed by atoms with van der Waals surface area (Å²) in [6.07, 6.45) is 1.40. The van der Waals surface area contributed by atoms with E-state index in [2.05, 4.69) is 0 Å². The molecule has 5 rings (SSSR count). The normalized spacial score (nSPS) is 13.9. The standard InChI is InChI=1S/C26H19NO7/c1-13-11-14(2)21-18(12-13)20(28)23(22(33-21)19-9-6-10-32-19)34-26(31)15(3)27-24(29)16-7-4-5-8-17(16)25(27)30/h4-12,15H,1-3H3. The summed E-state index contributed by atoms with van der Waals surface area (Å²) >= 11 is 0. The number of esters is 1. The van der Waals surface area contributed by atoms with Gasteiger partial charge in [0.1, 0.15) is 11.6 Å². The number of amides is 2. The van der Waals surface area contributed by atoms with Crippen molar-refractivity contribution >= 4 is 28.8 Å². The minimum absolute atomic E-state index is 0.0580. The summed E-state index contributed by atoms with van der Waals surface area (Å²) in [6, 6.07) is 11.7. The molecule has 0 fully saturated rings. The SMILES string of the molecule is Cc1cc(C)c2oc(-c3ccco3)c(OC(=O)C(C)N3C(=O)c4ccccc4C3=O)c(=O)c2c1. The zero-order valence-electron chi connectivity index (χ0n) is 18.6. The largest absolute Gasteiger partial charge is 0.461 e. The number of hydrogen-bond acceptors (Lipinski definition) is 7. The molecule has 1 unspecified atom stereocenters. The van der Waals surface area contributed by atoms with Gasteiger partial charge in [0.25, 0.3) is 11.8 Å². The molecule has 0 N–H and O–H groups in total. The van der Waals surface area contributed by atoms with Crippen molar-refractivity contribution in [1.29, 1.82) is 0 Å². The average molecular weight is 457 g/mol. The van der Waals surface area contributed by atoms with Gasteiger partial charge in [-0.25, -0.2) is 4.79 Å². The van der Waals surface area contributed by atoms with E-state index in [0.717, 1.165) is 16.0 Å². The van der Waals surface area contributed by atoms with Crippen LogP contribution < -0.4 is 10.2 Å². The van der Waals surface area contributed by atoms with Crippen molar-refractivity contribution in [3.63, 3.8) is 0 Å². The van der Waals surface area contributed by atoms with Gasteiger partial charge in [0.15, 0.2) is 5.76 Å². The molecule has 2 aromatic carbocycles. The van der Waals surface area contributed by atoms with Crippen LogP contribution in [0.25, 0.3) is 22.5 Å². The minimum atomic E-state index is -1.29. The number of carbonyl (C=O) groups excluding carboxylic acids is 3. The highest BCUT2D eigenvalue weighted by molar-refractivity contribution is 6.22. The van der Waals surface area contributed by atoms with Crippen molar-refractivity contribution in [2.24, 2.45) is 0 Å². The smallest absolute Gasteiger partial charge is 0.334 e. The number of nitrogens with zero attached hydrogens (tertiary/aromatic N) is 1. The summed E-state index contributed by atoms with van der Waals surface area (Å²) in [5.41, 5.74) is 1.76. The highest BCUT2D eigenvalue weighted by Gasteiger charge is 2.42. The molecule has 1 atom stereocenters. The fourth-order valence-corrected chi connectivity index (χ4v) is 4.15. The van der Waals surface area contributed by atoms with Crippen LogP contribution in [0, 0.1) is 13.8 Å². The highest BCUT2D eigenvalue weighted by atomic mass is 16.5. The van der Waals surface area contributed by atoms with Crippen LogP contribution in [0.3, 0.4) is 0 Å². The second kappa shape index (κ2) is 7.84. The third-order valence-electron chi connectivity index (χ3n) is 5.78. The molecule has 1 aliphatic rings. The number of aryl methyl sites for hydroxylation is 2. The van der Waals surface area contributed by atoms with Crippen molar-refractivity contribution < 1.29 is 28.0 Å². The molecule has 0 saturated carbocycles. The Balaban J connectivity index is 1.57. The molecule has 2 amide bonds. The molecule has 34 heavy (non-hydrogen) atoms. The van der Waals surface area contributed by atoms with Crippen molar-refractivity contribution in [3.05, 3.63) is 87.3 Å². The van der Waals surface area contributed by atoms with Crippen LogP contribution in [0.15, 0.2) is 68.4 Å². The first kappa shape index (κ1) is 21.4. The van der Waals surface area contributed by atoms with Gasteiger partial charge in [0.2, 0.25) is 16.9 Å². The van der Waals surface area contributed by atoms with E-state index in [-0.39, 0.29) is 33.8 Å². The fourth-order valence-electron chi connectivity index (χ4n) is 4.15. The van der Waals surface area contributed by atoms with Gasteiger partial charge in [-0.15, -0.1) is 0 Å². The number of imide groups is 1. The Morgan fingerprint density at radius 1 is 0.971 bits per heavy atom. The van der Waals surface area contributed by atoms with E-state index in [4.69, 9.17) is 13.6 Å². The zero-order valence-corrected chi connectivity index (χ0v) is 18.6. The van der Waals surface area contributed by atoms with Gasteiger partial charge in [-0.2, -0.15) is 0 Å². The zero-order chi connectivity index (χ0) is 24.1. The number of hydrogen-bond donors (Lipinski definition) is 0. The molecule has 4 aromatic rings. The number of fused-ring (bicyclic) bond motifs is 2. The predicted molar refractivity (Wildman–Crippen MR) is 122 cm³/mol. The van der Waals surface area contributed by atoms with Gasteiger partial charge in [-0.3, -0.25) is 19.3 Å². The van der Waals surface area contributed by atoms with E-state index < -0.39 is 29.3 Å². The molecule has 2 aromatic heterocycles. The molecule has 0 saturated heterocycles. The Morgan fingerprint density at radius 3 is 2.26 bits per heavy atom. The Morgan fingerprint density at radius 2 is 1.65 bits per heavy atom. The lowest BCUT2D eigenvalue weighted by Gasteiger charge is -2.21. The molecule has 0 radical (unpaired) electrons. The Labute approximate surface area is 193 Å². The van der Waals surface area contributed by atoms with E-state index in [9.17, 15) is 19.2 Å². The summed E-state index contributed by atoms with van der Waals surface area (Å²) in [6.45, 7) is 5.01. The van der Waals surface area contributed by atoms with Crippen LogP contribution in [0.1, 0.15) is 38.8 Å². The lowest BCUT2D eigenvalue weighted by molar-refractivity contribution is -0.138. The van der Waals surface area contributed by atoms with Crippen molar-refractivity contribution in [3.8, 4) is 17.3 Å². The Bertz CT molecular complexity index is 1510. The van der Waals surface area contributed by atoms with Gasteiger partial charge < -0.3 is 13.6 Å². The molecule has 170 valence electrons. The van der Waals surface area contributed by atoms with Crippen molar-refractivity contribution in [1.82, 2.24) is 4.90 Å². The van der Waals surface area contributed by atoms with E-state index in [1.165, 1.54) is 25.3 Å². The number of ether oxygens (including phenoxy) is 1. The highest BCUT2D eigenvalue weighted by Crippen LogP contribution is 2.33. The first-order valence-electron chi connectivity index (χ1n) is 10.6. The third kappa shape index (κ3) is 3.23. The first-order chi connectivity index (χ1) is 16.3. The lowest BCUT2D eigenvalue weighted by atomic mass is 10.1. The summed E-state index contributed by atoms with van der Waals surface area (Å²) in [5.74, 6) is -2.41. The second-order valence-electron chi connectivity index (χ2n) is 8.15. The van der Waals surface area contributed by atoms with Gasteiger partial charge in [-0.1, -0.05) is 18.2 Å². The molecule has 0 aliphatic carbocycles. The topological polar surface area (TPSA) is 107 Å². The molecule has 0 bridgehead atoms.